The van der Waals surface area contributed by atoms with Crippen molar-refractivity contribution in [3.05, 3.63) is 53.6 Å². The molecule has 0 aliphatic carbocycles. The minimum Gasteiger partial charge on any atom is -0.493 e. The Morgan fingerprint density at radius 2 is 1.79 bits per heavy atom. The van der Waals surface area contributed by atoms with E-state index in [1.165, 1.54) is 18.2 Å². The highest BCUT2D eigenvalue weighted by molar-refractivity contribution is 7.89. The molecule has 8 nitrogen and oxygen atoms in total. The first-order valence-electron chi connectivity index (χ1n) is 9.17. The van der Waals surface area contributed by atoms with Gasteiger partial charge in [0.15, 0.2) is 0 Å². The van der Waals surface area contributed by atoms with E-state index in [9.17, 15) is 13.2 Å². The van der Waals surface area contributed by atoms with Crippen LogP contribution in [0.3, 0.4) is 0 Å². The van der Waals surface area contributed by atoms with Crippen LogP contribution in [-0.2, 0) is 10.0 Å². The first-order chi connectivity index (χ1) is 13.8. The molecule has 1 aliphatic rings. The molecule has 0 radical (unpaired) electrons. The Bertz CT molecular complexity index is 1040. The normalized spacial score (nSPS) is 14.4. The van der Waals surface area contributed by atoms with Crippen molar-refractivity contribution in [3.8, 4) is 11.8 Å². The Labute approximate surface area is 170 Å². The zero-order valence-corrected chi connectivity index (χ0v) is 16.9. The number of carbonyl (C=O) groups excluding carboxylic acids is 1. The molecule has 0 unspecified atom stereocenters. The van der Waals surface area contributed by atoms with Crippen molar-refractivity contribution in [1.29, 1.82) is 5.26 Å². The molecule has 2 aromatic rings. The molecule has 3 rings (SSSR count). The number of nitrogens with zero attached hydrogens (tertiary/aromatic N) is 3. The molecule has 0 atom stereocenters. The van der Waals surface area contributed by atoms with Gasteiger partial charge in [0.2, 0.25) is 10.0 Å². The average molecular weight is 414 g/mol. The number of hydrogen-bond acceptors (Lipinski definition) is 6. The van der Waals surface area contributed by atoms with Crippen LogP contribution in [0.5, 0.6) is 5.75 Å². The van der Waals surface area contributed by atoms with E-state index in [2.05, 4.69) is 11.0 Å². The highest BCUT2D eigenvalue weighted by atomic mass is 32.2. The first kappa shape index (κ1) is 20.6. The van der Waals surface area contributed by atoms with Gasteiger partial charge in [-0.2, -0.15) is 5.26 Å². The van der Waals surface area contributed by atoms with E-state index >= 15 is 0 Å². The largest absolute Gasteiger partial charge is 0.493 e. The molecular weight excluding hydrogens is 392 g/mol. The van der Waals surface area contributed by atoms with Gasteiger partial charge in [-0.15, -0.1) is 0 Å². The van der Waals surface area contributed by atoms with Crippen molar-refractivity contribution in [3.63, 3.8) is 0 Å². The molecule has 0 saturated carbocycles. The fourth-order valence-corrected chi connectivity index (χ4v) is 3.76. The number of sulfonamides is 1. The molecule has 1 fully saturated rings. The van der Waals surface area contributed by atoms with Crippen molar-refractivity contribution in [2.24, 2.45) is 5.14 Å². The zero-order valence-electron chi connectivity index (χ0n) is 16.0. The fourth-order valence-electron chi connectivity index (χ4n) is 3.22. The third kappa shape index (κ3) is 4.67. The van der Waals surface area contributed by atoms with Crippen LogP contribution >= 0.6 is 0 Å². The lowest BCUT2D eigenvalue weighted by molar-refractivity contribution is 0.0742. The topological polar surface area (TPSA) is 117 Å². The summed E-state index contributed by atoms with van der Waals surface area (Å²) < 4.78 is 28.9. The van der Waals surface area contributed by atoms with E-state index in [4.69, 9.17) is 15.1 Å². The quantitative estimate of drug-likeness (QED) is 0.794. The van der Waals surface area contributed by atoms with Gasteiger partial charge in [-0.05, 0) is 49.4 Å². The van der Waals surface area contributed by atoms with Gasteiger partial charge in [-0.3, -0.25) is 4.79 Å². The standard InChI is InChI=1S/C20H22N4O4S/c1-2-28-19-8-7-17(29(22,26)27)13-18(19)20(25)24-11-9-23(10-12-24)16-5-3-15(14-21)4-6-16/h3-8,13H,2,9-12H2,1H3,(H2,22,26,27). The average Bonchev–Trinajstić information content (AvgIpc) is 2.73. The number of ether oxygens (including phenoxy) is 1. The second kappa shape index (κ2) is 8.51. The number of carbonyl (C=O) groups is 1. The number of primary sulfonamides is 1. The molecule has 0 aromatic heterocycles. The highest BCUT2D eigenvalue weighted by Crippen LogP contribution is 2.25. The molecule has 9 heteroatoms. The predicted octanol–water partition coefficient (Wildman–Crippen LogP) is 1.57. The summed E-state index contributed by atoms with van der Waals surface area (Å²) in [5.74, 6) is 0.0397. The third-order valence-corrected chi connectivity index (χ3v) is 5.65. The molecule has 29 heavy (non-hydrogen) atoms. The van der Waals surface area contributed by atoms with Crippen LogP contribution in [0.4, 0.5) is 5.69 Å². The van der Waals surface area contributed by atoms with Crippen LogP contribution in [0.25, 0.3) is 0 Å². The molecule has 1 amide bonds. The Kier molecular flexibility index (Phi) is 6.06. The van der Waals surface area contributed by atoms with E-state index in [0.29, 0.717) is 44.1 Å². The lowest BCUT2D eigenvalue weighted by atomic mass is 10.1. The number of rotatable bonds is 5. The van der Waals surface area contributed by atoms with Gasteiger partial charge in [0, 0.05) is 31.9 Å². The van der Waals surface area contributed by atoms with Crippen molar-refractivity contribution >= 4 is 21.6 Å². The zero-order chi connectivity index (χ0) is 21.0. The van der Waals surface area contributed by atoms with Crippen LogP contribution in [0.1, 0.15) is 22.8 Å². The molecule has 2 N–H and O–H groups in total. The van der Waals surface area contributed by atoms with Gasteiger partial charge in [-0.1, -0.05) is 0 Å². The van der Waals surface area contributed by atoms with E-state index in [-0.39, 0.29) is 16.4 Å². The SMILES string of the molecule is CCOc1ccc(S(N)(=O)=O)cc1C(=O)N1CCN(c2ccc(C#N)cc2)CC1. The maximum Gasteiger partial charge on any atom is 0.257 e. The van der Waals surface area contributed by atoms with Gasteiger partial charge in [-0.25, -0.2) is 13.6 Å². The van der Waals surface area contributed by atoms with E-state index in [1.54, 1.807) is 24.0 Å². The van der Waals surface area contributed by atoms with Crippen LogP contribution < -0.4 is 14.8 Å². The Balaban J connectivity index is 1.76. The van der Waals surface area contributed by atoms with Crippen LogP contribution in [0, 0.1) is 11.3 Å². The van der Waals surface area contributed by atoms with E-state index in [0.717, 1.165) is 5.69 Å². The number of hydrogen-bond donors (Lipinski definition) is 1. The minimum absolute atomic E-state index is 0.125. The fraction of sp³-hybridized carbons (Fsp3) is 0.300. The second-order valence-corrected chi connectivity index (χ2v) is 8.14. The lowest BCUT2D eigenvalue weighted by Crippen LogP contribution is -2.48. The second-order valence-electron chi connectivity index (χ2n) is 6.57. The Morgan fingerprint density at radius 1 is 1.14 bits per heavy atom. The number of nitrogens with two attached hydrogens (primary N) is 1. The van der Waals surface area contributed by atoms with Crippen LogP contribution in [0.2, 0.25) is 0 Å². The Morgan fingerprint density at radius 3 is 2.34 bits per heavy atom. The van der Waals surface area contributed by atoms with Gasteiger partial charge in [0.05, 0.1) is 28.7 Å². The summed E-state index contributed by atoms with van der Waals surface area (Å²) in [5.41, 5.74) is 1.77. The summed E-state index contributed by atoms with van der Waals surface area (Å²) in [6.45, 7) is 4.33. The number of nitriles is 1. The molecule has 1 heterocycles. The Hall–Kier alpha value is -3.09. The molecule has 0 spiro atoms. The molecule has 0 bridgehead atoms. The molecule has 152 valence electrons. The van der Waals surface area contributed by atoms with Gasteiger partial charge >= 0.3 is 0 Å². The smallest absolute Gasteiger partial charge is 0.257 e. The van der Waals surface area contributed by atoms with Crippen molar-refractivity contribution in [2.75, 3.05) is 37.7 Å². The highest BCUT2D eigenvalue weighted by Gasteiger charge is 2.26. The third-order valence-electron chi connectivity index (χ3n) is 4.74. The summed E-state index contributed by atoms with van der Waals surface area (Å²) in [6, 6.07) is 13.5. The minimum atomic E-state index is -3.93. The first-order valence-corrected chi connectivity index (χ1v) is 10.7. The molecule has 1 aliphatic heterocycles. The predicted molar refractivity (Wildman–Crippen MR) is 108 cm³/mol. The van der Waals surface area contributed by atoms with Crippen molar-refractivity contribution in [2.45, 2.75) is 11.8 Å². The monoisotopic (exact) mass is 414 g/mol. The van der Waals surface area contributed by atoms with Crippen molar-refractivity contribution < 1.29 is 17.9 Å². The van der Waals surface area contributed by atoms with Gasteiger partial charge < -0.3 is 14.5 Å². The summed E-state index contributed by atoms with van der Waals surface area (Å²) in [4.78, 5) is 16.7. The number of benzene rings is 2. The number of anilines is 1. The maximum absolute atomic E-state index is 13.1. The maximum atomic E-state index is 13.1. The summed E-state index contributed by atoms with van der Waals surface area (Å²) in [5, 5.41) is 14.1. The molecule has 1 saturated heterocycles. The summed E-state index contributed by atoms with van der Waals surface area (Å²) in [6.07, 6.45) is 0. The van der Waals surface area contributed by atoms with Crippen LogP contribution in [0.15, 0.2) is 47.4 Å². The van der Waals surface area contributed by atoms with E-state index < -0.39 is 10.0 Å². The number of piperazine rings is 1. The van der Waals surface area contributed by atoms with Crippen molar-refractivity contribution in [1.82, 2.24) is 4.90 Å². The summed E-state index contributed by atoms with van der Waals surface area (Å²) in [7, 11) is -3.93. The molecule has 2 aromatic carbocycles. The van der Waals surface area contributed by atoms with Gasteiger partial charge in [0.25, 0.3) is 5.91 Å². The van der Waals surface area contributed by atoms with Crippen LogP contribution in [-0.4, -0.2) is 52.0 Å². The van der Waals surface area contributed by atoms with E-state index in [1.807, 2.05) is 12.1 Å². The molecular formula is C20H22N4O4S. The summed E-state index contributed by atoms with van der Waals surface area (Å²) >= 11 is 0. The van der Waals surface area contributed by atoms with Gasteiger partial charge in [0.1, 0.15) is 5.75 Å². The lowest BCUT2D eigenvalue weighted by Gasteiger charge is -2.36. The number of amides is 1.